The van der Waals surface area contributed by atoms with Crippen LogP contribution in [0, 0.1) is 0 Å². The van der Waals surface area contributed by atoms with E-state index >= 15 is 0 Å². The number of rotatable bonds is 3. The smallest absolute Gasteiger partial charge is 0.237 e. The molecule has 7 nitrogen and oxygen atoms in total. The monoisotopic (exact) mass is 367 g/mol. The van der Waals surface area contributed by atoms with Gasteiger partial charge in [0, 0.05) is 18.7 Å². The van der Waals surface area contributed by atoms with Crippen molar-refractivity contribution in [1.29, 1.82) is 0 Å². The summed E-state index contributed by atoms with van der Waals surface area (Å²) in [5.41, 5.74) is 2.13. The SMILES string of the molecule is C[C@H]1CC(=O)Nc2ccccc2N1C(=O)CSc1nnc2ccccn12. The van der Waals surface area contributed by atoms with Crippen LogP contribution < -0.4 is 10.2 Å². The molecule has 3 heterocycles. The molecule has 2 amide bonds. The average Bonchev–Trinajstić information content (AvgIpc) is 2.99. The van der Waals surface area contributed by atoms with Gasteiger partial charge in [0.05, 0.1) is 17.1 Å². The normalized spacial score (nSPS) is 16.9. The van der Waals surface area contributed by atoms with E-state index in [9.17, 15) is 9.59 Å². The van der Waals surface area contributed by atoms with Gasteiger partial charge in [-0.3, -0.25) is 14.0 Å². The van der Waals surface area contributed by atoms with Crippen molar-refractivity contribution in [2.24, 2.45) is 0 Å². The van der Waals surface area contributed by atoms with Crippen LogP contribution in [-0.4, -0.2) is 38.2 Å². The topological polar surface area (TPSA) is 79.6 Å². The quantitative estimate of drug-likeness (QED) is 0.720. The van der Waals surface area contributed by atoms with Crippen molar-refractivity contribution >= 4 is 40.6 Å². The third kappa shape index (κ3) is 3.03. The van der Waals surface area contributed by atoms with E-state index < -0.39 is 0 Å². The van der Waals surface area contributed by atoms with E-state index in [1.54, 1.807) is 4.90 Å². The van der Waals surface area contributed by atoms with Crippen LogP contribution in [0.25, 0.3) is 5.65 Å². The van der Waals surface area contributed by atoms with Crippen molar-refractivity contribution in [3.05, 3.63) is 48.7 Å². The van der Waals surface area contributed by atoms with Gasteiger partial charge in [-0.2, -0.15) is 0 Å². The number of para-hydroxylation sites is 2. The van der Waals surface area contributed by atoms with Crippen molar-refractivity contribution in [3.63, 3.8) is 0 Å². The zero-order valence-corrected chi connectivity index (χ0v) is 14.9. The second-order valence-electron chi connectivity index (χ2n) is 6.08. The van der Waals surface area contributed by atoms with Gasteiger partial charge >= 0.3 is 0 Å². The number of aromatic nitrogens is 3. The first-order valence-corrected chi connectivity index (χ1v) is 9.25. The van der Waals surface area contributed by atoms with Gasteiger partial charge in [-0.1, -0.05) is 30.0 Å². The van der Waals surface area contributed by atoms with E-state index in [1.165, 1.54) is 11.8 Å². The van der Waals surface area contributed by atoms with Crippen molar-refractivity contribution in [2.75, 3.05) is 16.0 Å². The number of nitrogens with zero attached hydrogens (tertiary/aromatic N) is 4. The third-order valence-electron chi connectivity index (χ3n) is 4.24. The van der Waals surface area contributed by atoms with Crippen LogP contribution in [-0.2, 0) is 9.59 Å². The first-order chi connectivity index (χ1) is 12.6. The summed E-state index contributed by atoms with van der Waals surface area (Å²) < 4.78 is 1.85. The van der Waals surface area contributed by atoms with Crippen LogP contribution in [0.5, 0.6) is 0 Å². The Bertz CT molecular complexity index is 986. The van der Waals surface area contributed by atoms with Crippen LogP contribution in [0.1, 0.15) is 13.3 Å². The van der Waals surface area contributed by atoms with E-state index in [0.717, 1.165) is 11.3 Å². The molecule has 132 valence electrons. The zero-order valence-electron chi connectivity index (χ0n) is 14.1. The number of nitrogens with one attached hydrogen (secondary N) is 1. The predicted molar refractivity (Wildman–Crippen MR) is 100 cm³/mol. The summed E-state index contributed by atoms with van der Waals surface area (Å²) in [5.74, 6) is 0.0539. The predicted octanol–water partition coefficient (Wildman–Crippen LogP) is 2.59. The van der Waals surface area contributed by atoms with Crippen LogP contribution in [0.2, 0.25) is 0 Å². The van der Waals surface area contributed by atoms with Crippen LogP contribution >= 0.6 is 11.8 Å². The Kier molecular flexibility index (Phi) is 4.34. The molecule has 1 aromatic carbocycles. The highest BCUT2D eigenvalue weighted by atomic mass is 32.2. The number of carbonyl (C=O) groups excluding carboxylic acids is 2. The Labute approximate surface area is 154 Å². The average molecular weight is 367 g/mol. The third-order valence-corrected chi connectivity index (χ3v) is 5.16. The second-order valence-corrected chi connectivity index (χ2v) is 7.02. The maximum absolute atomic E-state index is 13.0. The Morgan fingerprint density at radius 3 is 2.92 bits per heavy atom. The van der Waals surface area contributed by atoms with Crippen LogP contribution in [0.4, 0.5) is 11.4 Å². The van der Waals surface area contributed by atoms with Gasteiger partial charge < -0.3 is 10.2 Å². The lowest BCUT2D eigenvalue weighted by Gasteiger charge is -2.27. The van der Waals surface area contributed by atoms with E-state index in [2.05, 4.69) is 15.5 Å². The molecule has 2 aromatic heterocycles. The van der Waals surface area contributed by atoms with Crippen molar-refractivity contribution in [2.45, 2.75) is 24.5 Å². The van der Waals surface area contributed by atoms with Gasteiger partial charge in [-0.25, -0.2) is 0 Å². The van der Waals surface area contributed by atoms with Crippen molar-refractivity contribution in [1.82, 2.24) is 14.6 Å². The number of thioether (sulfide) groups is 1. The molecule has 0 fully saturated rings. The number of benzene rings is 1. The molecule has 8 heteroatoms. The number of fused-ring (bicyclic) bond motifs is 2. The summed E-state index contributed by atoms with van der Waals surface area (Å²) in [4.78, 5) is 26.7. The second kappa shape index (κ2) is 6.80. The van der Waals surface area contributed by atoms with Gasteiger partial charge in [0.1, 0.15) is 0 Å². The van der Waals surface area contributed by atoms with E-state index in [1.807, 2.05) is 60.0 Å². The lowest BCUT2D eigenvalue weighted by Crippen LogP contribution is -2.40. The Morgan fingerprint density at radius 1 is 1.23 bits per heavy atom. The highest BCUT2D eigenvalue weighted by molar-refractivity contribution is 7.99. The molecule has 4 rings (SSSR count). The van der Waals surface area contributed by atoms with Crippen LogP contribution in [0.3, 0.4) is 0 Å². The molecule has 0 unspecified atom stereocenters. The number of anilines is 2. The zero-order chi connectivity index (χ0) is 18.1. The summed E-state index contributed by atoms with van der Waals surface area (Å²) in [7, 11) is 0. The molecule has 0 spiro atoms. The van der Waals surface area contributed by atoms with Gasteiger partial charge in [0.2, 0.25) is 11.8 Å². The minimum absolute atomic E-state index is 0.0702. The Morgan fingerprint density at radius 2 is 2.04 bits per heavy atom. The van der Waals surface area contributed by atoms with Crippen LogP contribution in [0.15, 0.2) is 53.8 Å². The first kappa shape index (κ1) is 16.6. The molecule has 0 saturated carbocycles. The standard InChI is InChI=1S/C18H17N5O2S/c1-12-10-16(24)19-13-6-2-3-7-14(13)23(12)17(25)11-26-18-21-20-15-8-4-5-9-22(15)18/h2-9,12H,10-11H2,1H3,(H,19,24)/t12-/m0/s1. The molecule has 3 aromatic rings. The summed E-state index contributed by atoms with van der Waals surface area (Å²) in [6.07, 6.45) is 2.13. The van der Waals surface area contributed by atoms with E-state index in [0.29, 0.717) is 10.8 Å². The number of carbonyl (C=O) groups is 2. The van der Waals surface area contributed by atoms with Crippen molar-refractivity contribution in [3.8, 4) is 0 Å². The van der Waals surface area contributed by atoms with E-state index in [-0.39, 0.29) is 30.0 Å². The molecule has 0 radical (unpaired) electrons. The molecule has 0 saturated heterocycles. The maximum Gasteiger partial charge on any atom is 0.237 e. The summed E-state index contributed by atoms with van der Waals surface area (Å²) in [6.45, 7) is 1.89. The van der Waals surface area contributed by atoms with E-state index in [4.69, 9.17) is 0 Å². The molecule has 1 atom stereocenters. The molecule has 0 bridgehead atoms. The molecule has 1 aliphatic heterocycles. The summed E-state index contributed by atoms with van der Waals surface area (Å²) in [5, 5.41) is 11.8. The minimum Gasteiger partial charge on any atom is -0.324 e. The summed E-state index contributed by atoms with van der Waals surface area (Å²) in [6, 6.07) is 12.8. The molecular formula is C18H17N5O2S. The van der Waals surface area contributed by atoms with Gasteiger partial charge in [-0.05, 0) is 31.2 Å². The highest BCUT2D eigenvalue weighted by Crippen LogP contribution is 2.32. The number of hydrogen-bond acceptors (Lipinski definition) is 5. The molecular weight excluding hydrogens is 350 g/mol. The molecule has 26 heavy (non-hydrogen) atoms. The summed E-state index contributed by atoms with van der Waals surface area (Å²) >= 11 is 1.34. The fourth-order valence-corrected chi connectivity index (χ4v) is 3.87. The maximum atomic E-state index is 13.0. The largest absolute Gasteiger partial charge is 0.324 e. The lowest BCUT2D eigenvalue weighted by molar-refractivity contribution is -0.117. The molecule has 1 aliphatic rings. The number of pyridine rings is 1. The van der Waals surface area contributed by atoms with Crippen molar-refractivity contribution < 1.29 is 9.59 Å². The van der Waals surface area contributed by atoms with Gasteiger partial charge in [0.15, 0.2) is 10.8 Å². The minimum atomic E-state index is -0.220. The Balaban J connectivity index is 1.58. The van der Waals surface area contributed by atoms with Gasteiger partial charge in [0.25, 0.3) is 0 Å². The fraction of sp³-hybridized carbons (Fsp3) is 0.222. The Hall–Kier alpha value is -2.87. The fourth-order valence-electron chi connectivity index (χ4n) is 3.08. The molecule has 1 N–H and O–H groups in total. The van der Waals surface area contributed by atoms with Gasteiger partial charge in [-0.15, -0.1) is 10.2 Å². The molecule has 0 aliphatic carbocycles. The first-order valence-electron chi connectivity index (χ1n) is 8.27. The lowest BCUT2D eigenvalue weighted by atomic mass is 10.2. The highest BCUT2D eigenvalue weighted by Gasteiger charge is 2.29. The number of hydrogen-bond donors (Lipinski definition) is 1. The number of amides is 2.